The van der Waals surface area contributed by atoms with Gasteiger partial charge in [0.15, 0.2) is 11.0 Å². The average molecular weight is 495 g/mol. The van der Waals surface area contributed by atoms with Crippen molar-refractivity contribution in [1.82, 2.24) is 14.8 Å². The van der Waals surface area contributed by atoms with Crippen LogP contribution in [0.1, 0.15) is 11.4 Å². The smallest absolute Gasteiger partial charge is 0.234 e. The molecule has 0 aliphatic heterocycles. The summed E-state index contributed by atoms with van der Waals surface area (Å²) in [5, 5.41) is 12.5. The lowest BCUT2D eigenvalue weighted by atomic mass is 10.2. The third-order valence-electron chi connectivity index (χ3n) is 4.90. The van der Waals surface area contributed by atoms with E-state index >= 15 is 0 Å². The summed E-state index contributed by atoms with van der Waals surface area (Å²) in [6, 6.07) is 22.1. The maximum atomic E-state index is 12.4. The molecular formula is C25H23ClN4O3S. The van der Waals surface area contributed by atoms with Crippen molar-refractivity contribution in [3.63, 3.8) is 0 Å². The molecule has 174 valence electrons. The molecule has 1 N–H and O–H groups in total. The molecule has 34 heavy (non-hydrogen) atoms. The number of benzene rings is 3. The molecule has 0 saturated heterocycles. The second-order valence-corrected chi connectivity index (χ2v) is 8.81. The molecule has 9 heteroatoms. The molecule has 0 fully saturated rings. The Hall–Kier alpha value is -3.49. The minimum atomic E-state index is -0.142. The van der Waals surface area contributed by atoms with E-state index in [4.69, 9.17) is 21.1 Å². The van der Waals surface area contributed by atoms with E-state index in [0.29, 0.717) is 39.8 Å². The lowest BCUT2D eigenvalue weighted by Gasteiger charge is -2.09. The first-order valence-corrected chi connectivity index (χ1v) is 11.9. The number of anilines is 1. The van der Waals surface area contributed by atoms with Gasteiger partial charge in [0, 0.05) is 17.8 Å². The van der Waals surface area contributed by atoms with Crippen LogP contribution in [-0.4, -0.2) is 26.4 Å². The van der Waals surface area contributed by atoms with Gasteiger partial charge in [0.05, 0.1) is 5.75 Å². The van der Waals surface area contributed by atoms with E-state index in [0.717, 1.165) is 11.3 Å². The zero-order valence-electron chi connectivity index (χ0n) is 18.7. The normalized spacial score (nSPS) is 10.7. The van der Waals surface area contributed by atoms with Gasteiger partial charge in [-0.1, -0.05) is 41.6 Å². The van der Waals surface area contributed by atoms with Crippen LogP contribution in [0.2, 0.25) is 5.02 Å². The number of carbonyl (C=O) groups excluding carboxylic acids is 1. The minimum absolute atomic E-state index is 0.142. The van der Waals surface area contributed by atoms with Gasteiger partial charge in [0.1, 0.15) is 23.9 Å². The summed E-state index contributed by atoms with van der Waals surface area (Å²) in [6.07, 6.45) is 0. The standard InChI is InChI=1S/C25H23ClN4O3S/c1-17-5-3-4-6-22(17)32-15-23-28-29-25(30(23)2)34-16-24(31)27-19-9-13-21(14-10-19)33-20-11-7-18(26)8-12-20/h3-14H,15-16H2,1-2H3,(H,27,31). The molecule has 4 aromatic rings. The number of hydrogen-bond acceptors (Lipinski definition) is 6. The largest absolute Gasteiger partial charge is 0.485 e. The molecule has 0 unspecified atom stereocenters. The number of carbonyl (C=O) groups is 1. The summed E-state index contributed by atoms with van der Waals surface area (Å²) < 4.78 is 13.4. The molecule has 1 heterocycles. The van der Waals surface area contributed by atoms with Gasteiger partial charge >= 0.3 is 0 Å². The topological polar surface area (TPSA) is 78.3 Å². The van der Waals surface area contributed by atoms with Crippen LogP contribution >= 0.6 is 23.4 Å². The Morgan fingerprint density at radius 1 is 1.00 bits per heavy atom. The number of aryl methyl sites for hydroxylation is 1. The van der Waals surface area contributed by atoms with Crippen LogP contribution in [0.5, 0.6) is 17.2 Å². The van der Waals surface area contributed by atoms with Gasteiger partial charge in [-0.2, -0.15) is 0 Å². The van der Waals surface area contributed by atoms with Crippen molar-refractivity contribution >= 4 is 35.0 Å². The predicted molar refractivity (Wildman–Crippen MR) is 134 cm³/mol. The van der Waals surface area contributed by atoms with Crippen LogP contribution in [0, 0.1) is 6.92 Å². The van der Waals surface area contributed by atoms with E-state index in [1.54, 1.807) is 48.5 Å². The number of nitrogens with zero attached hydrogens (tertiary/aromatic N) is 3. The Morgan fingerprint density at radius 2 is 1.68 bits per heavy atom. The predicted octanol–water partition coefficient (Wildman–Crippen LogP) is 5.88. The van der Waals surface area contributed by atoms with Crippen molar-refractivity contribution in [3.8, 4) is 17.2 Å². The van der Waals surface area contributed by atoms with Crippen LogP contribution < -0.4 is 14.8 Å². The second-order valence-electron chi connectivity index (χ2n) is 7.43. The molecule has 7 nitrogen and oxygen atoms in total. The fraction of sp³-hybridized carbons (Fsp3) is 0.160. The lowest BCUT2D eigenvalue weighted by Crippen LogP contribution is -2.14. The first kappa shape index (κ1) is 23.7. The van der Waals surface area contributed by atoms with Crippen LogP contribution in [0.25, 0.3) is 0 Å². The number of rotatable bonds is 9. The van der Waals surface area contributed by atoms with Crippen molar-refractivity contribution in [1.29, 1.82) is 0 Å². The maximum Gasteiger partial charge on any atom is 0.234 e. The Kier molecular flexibility index (Phi) is 7.72. The first-order valence-electron chi connectivity index (χ1n) is 10.5. The third-order valence-corrected chi connectivity index (χ3v) is 6.17. The Bertz CT molecular complexity index is 1260. The molecule has 3 aromatic carbocycles. The summed E-state index contributed by atoms with van der Waals surface area (Å²) >= 11 is 7.20. The summed E-state index contributed by atoms with van der Waals surface area (Å²) in [6.45, 7) is 2.29. The van der Waals surface area contributed by atoms with E-state index in [9.17, 15) is 4.79 Å². The zero-order valence-corrected chi connectivity index (χ0v) is 20.3. The average Bonchev–Trinajstić information content (AvgIpc) is 3.19. The van der Waals surface area contributed by atoms with E-state index in [1.165, 1.54) is 11.8 Å². The molecule has 1 aromatic heterocycles. The Morgan fingerprint density at radius 3 is 2.38 bits per heavy atom. The Balaban J connectivity index is 1.26. The van der Waals surface area contributed by atoms with Crippen molar-refractivity contribution in [2.75, 3.05) is 11.1 Å². The molecular weight excluding hydrogens is 472 g/mol. The third kappa shape index (κ3) is 6.30. The summed E-state index contributed by atoms with van der Waals surface area (Å²) in [5.74, 6) is 2.90. The molecule has 1 amide bonds. The number of aromatic nitrogens is 3. The van der Waals surface area contributed by atoms with E-state index in [1.807, 2.05) is 42.8 Å². The molecule has 0 saturated carbocycles. The van der Waals surface area contributed by atoms with Gasteiger partial charge in [-0.15, -0.1) is 10.2 Å². The van der Waals surface area contributed by atoms with Crippen LogP contribution in [-0.2, 0) is 18.4 Å². The number of para-hydroxylation sites is 1. The van der Waals surface area contributed by atoms with Crippen LogP contribution in [0.15, 0.2) is 78.0 Å². The highest BCUT2D eigenvalue weighted by molar-refractivity contribution is 7.99. The lowest BCUT2D eigenvalue weighted by molar-refractivity contribution is -0.113. The van der Waals surface area contributed by atoms with Crippen LogP contribution in [0.3, 0.4) is 0 Å². The van der Waals surface area contributed by atoms with Crippen molar-refractivity contribution < 1.29 is 14.3 Å². The van der Waals surface area contributed by atoms with Gasteiger partial charge in [-0.3, -0.25) is 4.79 Å². The number of thioether (sulfide) groups is 1. The summed E-state index contributed by atoms with van der Waals surface area (Å²) in [4.78, 5) is 12.4. The summed E-state index contributed by atoms with van der Waals surface area (Å²) in [7, 11) is 1.86. The number of nitrogens with one attached hydrogen (secondary N) is 1. The van der Waals surface area contributed by atoms with Crippen molar-refractivity contribution in [2.45, 2.75) is 18.7 Å². The maximum absolute atomic E-state index is 12.4. The quantitative estimate of drug-likeness (QED) is 0.293. The second kappa shape index (κ2) is 11.1. The number of ether oxygens (including phenoxy) is 2. The highest BCUT2D eigenvalue weighted by atomic mass is 35.5. The fourth-order valence-electron chi connectivity index (χ4n) is 3.03. The molecule has 0 aliphatic carbocycles. The number of hydrogen-bond donors (Lipinski definition) is 1. The Labute approximate surface area is 207 Å². The van der Waals surface area contributed by atoms with Crippen molar-refractivity contribution in [3.05, 3.63) is 89.2 Å². The van der Waals surface area contributed by atoms with E-state index < -0.39 is 0 Å². The molecule has 0 aliphatic rings. The van der Waals surface area contributed by atoms with Gasteiger partial charge < -0.3 is 19.4 Å². The van der Waals surface area contributed by atoms with E-state index in [2.05, 4.69) is 15.5 Å². The van der Waals surface area contributed by atoms with E-state index in [-0.39, 0.29) is 11.7 Å². The molecule has 0 bridgehead atoms. The number of halogens is 1. The van der Waals surface area contributed by atoms with Gasteiger partial charge in [0.2, 0.25) is 5.91 Å². The summed E-state index contributed by atoms with van der Waals surface area (Å²) in [5.41, 5.74) is 1.74. The zero-order chi connectivity index (χ0) is 23.9. The molecule has 4 rings (SSSR count). The monoisotopic (exact) mass is 494 g/mol. The fourth-order valence-corrected chi connectivity index (χ4v) is 3.89. The van der Waals surface area contributed by atoms with Crippen molar-refractivity contribution in [2.24, 2.45) is 7.05 Å². The highest BCUT2D eigenvalue weighted by Crippen LogP contribution is 2.25. The molecule has 0 radical (unpaired) electrons. The first-order chi connectivity index (χ1) is 16.5. The molecule has 0 atom stereocenters. The van der Waals surface area contributed by atoms with Gasteiger partial charge in [0.25, 0.3) is 0 Å². The molecule has 0 spiro atoms. The highest BCUT2D eigenvalue weighted by Gasteiger charge is 2.13. The van der Waals surface area contributed by atoms with Gasteiger partial charge in [-0.05, 0) is 67.1 Å². The number of amides is 1. The minimum Gasteiger partial charge on any atom is -0.485 e. The van der Waals surface area contributed by atoms with Crippen LogP contribution in [0.4, 0.5) is 5.69 Å². The SMILES string of the molecule is Cc1ccccc1OCc1nnc(SCC(=O)Nc2ccc(Oc3ccc(Cl)cc3)cc2)n1C. The van der Waals surface area contributed by atoms with Gasteiger partial charge in [-0.25, -0.2) is 0 Å².